The Hall–Kier alpha value is -0.870. The van der Waals surface area contributed by atoms with Gasteiger partial charge in [0.15, 0.2) is 0 Å². The molecule has 14 heavy (non-hydrogen) atoms. The van der Waals surface area contributed by atoms with Crippen LogP contribution in [0.5, 0.6) is 0 Å². The maximum absolute atomic E-state index is 11.2. The Morgan fingerprint density at radius 1 is 1.57 bits per heavy atom. The van der Waals surface area contributed by atoms with Crippen molar-refractivity contribution in [2.24, 2.45) is 0 Å². The van der Waals surface area contributed by atoms with Gasteiger partial charge in [-0.2, -0.15) is 0 Å². The van der Waals surface area contributed by atoms with Crippen molar-refractivity contribution >= 4 is 21.9 Å². The largest absolute Gasteiger partial charge is 0.465 e. The molecule has 76 valence electrons. The number of aliphatic hydroxyl groups is 1. The van der Waals surface area contributed by atoms with Crippen LogP contribution >= 0.6 is 15.9 Å². The van der Waals surface area contributed by atoms with Crippen molar-refractivity contribution in [1.29, 1.82) is 0 Å². The molecule has 1 aromatic rings. The molecule has 3 nitrogen and oxygen atoms in total. The first-order chi connectivity index (χ1) is 6.56. The molecule has 0 fully saturated rings. The van der Waals surface area contributed by atoms with Crippen LogP contribution < -0.4 is 0 Å². The summed E-state index contributed by atoms with van der Waals surface area (Å²) >= 11 is 3.24. The summed E-state index contributed by atoms with van der Waals surface area (Å²) in [5.74, 6) is -0.394. The monoisotopic (exact) mass is 258 g/mol. The van der Waals surface area contributed by atoms with Crippen LogP contribution in [0.1, 0.15) is 28.9 Å². The zero-order valence-corrected chi connectivity index (χ0v) is 9.54. The summed E-state index contributed by atoms with van der Waals surface area (Å²) in [4.78, 5) is 11.2. The standard InChI is InChI=1S/C10H11BrO3/c1-6(12)7-3-4-8(9(11)5-7)10(13)14-2/h3-6,12H,1-2H3/t6-/m0/s1. The van der Waals surface area contributed by atoms with Crippen LogP contribution in [0.3, 0.4) is 0 Å². The van der Waals surface area contributed by atoms with E-state index in [1.54, 1.807) is 25.1 Å². The molecule has 0 unspecified atom stereocenters. The van der Waals surface area contributed by atoms with Crippen LogP contribution in [-0.2, 0) is 4.74 Å². The lowest BCUT2D eigenvalue weighted by molar-refractivity contribution is 0.0599. The molecule has 1 N–H and O–H groups in total. The number of methoxy groups -OCH3 is 1. The van der Waals surface area contributed by atoms with Crippen molar-refractivity contribution in [3.05, 3.63) is 33.8 Å². The van der Waals surface area contributed by atoms with E-state index in [4.69, 9.17) is 0 Å². The highest BCUT2D eigenvalue weighted by molar-refractivity contribution is 9.10. The first-order valence-electron chi connectivity index (χ1n) is 4.12. The minimum atomic E-state index is -0.544. The van der Waals surface area contributed by atoms with Crippen molar-refractivity contribution in [1.82, 2.24) is 0 Å². The summed E-state index contributed by atoms with van der Waals surface area (Å²) in [6, 6.07) is 5.02. The van der Waals surface area contributed by atoms with Crippen LogP contribution in [0.2, 0.25) is 0 Å². The molecule has 0 radical (unpaired) electrons. The van der Waals surface area contributed by atoms with Crippen LogP contribution in [0.25, 0.3) is 0 Å². The number of carbonyl (C=O) groups excluding carboxylic acids is 1. The number of ether oxygens (including phenoxy) is 1. The first kappa shape index (κ1) is 11.2. The highest BCUT2D eigenvalue weighted by Gasteiger charge is 2.11. The predicted octanol–water partition coefficient (Wildman–Crippen LogP) is 2.29. The molecule has 0 bridgehead atoms. The number of halogens is 1. The average Bonchev–Trinajstić information content (AvgIpc) is 2.16. The Labute approximate surface area is 90.8 Å². The zero-order chi connectivity index (χ0) is 10.7. The fourth-order valence-corrected chi connectivity index (χ4v) is 1.63. The molecule has 0 aliphatic carbocycles. The minimum Gasteiger partial charge on any atom is -0.465 e. The SMILES string of the molecule is COC(=O)c1ccc([C@H](C)O)cc1Br. The average molecular weight is 259 g/mol. The third-order valence-corrected chi connectivity index (χ3v) is 2.54. The summed E-state index contributed by atoms with van der Waals surface area (Å²) in [6.45, 7) is 1.67. The first-order valence-corrected chi connectivity index (χ1v) is 4.91. The number of hydrogen-bond acceptors (Lipinski definition) is 3. The van der Waals surface area contributed by atoms with Gasteiger partial charge in [0.1, 0.15) is 0 Å². The number of hydrogen-bond donors (Lipinski definition) is 1. The highest BCUT2D eigenvalue weighted by Crippen LogP contribution is 2.22. The van der Waals surface area contributed by atoms with Crippen LogP contribution in [0.4, 0.5) is 0 Å². The lowest BCUT2D eigenvalue weighted by Gasteiger charge is -2.07. The fraction of sp³-hybridized carbons (Fsp3) is 0.300. The topological polar surface area (TPSA) is 46.5 Å². The zero-order valence-electron chi connectivity index (χ0n) is 7.95. The molecule has 0 aliphatic rings. The summed E-state index contributed by atoms with van der Waals surface area (Å²) in [6.07, 6.45) is -0.544. The van der Waals surface area contributed by atoms with Crippen molar-refractivity contribution < 1.29 is 14.6 Å². The van der Waals surface area contributed by atoms with E-state index in [1.807, 2.05) is 0 Å². The van der Waals surface area contributed by atoms with Gasteiger partial charge in [-0.05, 0) is 40.5 Å². The Morgan fingerprint density at radius 3 is 2.64 bits per heavy atom. The molecule has 0 saturated heterocycles. The second-order valence-electron chi connectivity index (χ2n) is 2.91. The molecule has 1 rings (SSSR count). The van der Waals surface area contributed by atoms with E-state index in [-0.39, 0.29) is 0 Å². The van der Waals surface area contributed by atoms with Gasteiger partial charge in [0, 0.05) is 4.47 Å². The summed E-state index contributed by atoms with van der Waals surface area (Å²) in [5.41, 5.74) is 1.21. The molecule has 0 spiro atoms. The van der Waals surface area contributed by atoms with Gasteiger partial charge < -0.3 is 9.84 Å². The second-order valence-corrected chi connectivity index (χ2v) is 3.76. The molecular weight excluding hydrogens is 248 g/mol. The predicted molar refractivity (Wildman–Crippen MR) is 56.1 cm³/mol. The summed E-state index contributed by atoms with van der Waals surface area (Å²) < 4.78 is 5.21. The molecule has 0 amide bonds. The Morgan fingerprint density at radius 2 is 2.21 bits per heavy atom. The second kappa shape index (κ2) is 4.57. The third-order valence-electron chi connectivity index (χ3n) is 1.88. The van der Waals surface area contributed by atoms with Gasteiger partial charge in [-0.25, -0.2) is 4.79 Å². The smallest absolute Gasteiger partial charge is 0.339 e. The van der Waals surface area contributed by atoms with Gasteiger partial charge in [0.05, 0.1) is 18.8 Å². The lowest BCUT2D eigenvalue weighted by atomic mass is 10.1. The van der Waals surface area contributed by atoms with Crippen LogP contribution in [-0.4, -0.2) is 18.2 Å². The van der Waals surface area contributed by atoms with E-state index in [1.165, 1.54) is 7.11 Å². The Balaban J connectivity index is 3.07. The number of rotatable bonds is 2. The molecule has 1 atom stereocenters. The van der Waals surface area contributed by atoms with Crippen molar-refractivity contribution in [2.75, 3.05) is 7.11 Å². The maximum Gasteiger partial charge on any atom is 0.339 e. The summed E-state index contributed by atoms with van der Waals surface area (Å²) in [7, 11) is 1.33. The van der Waals surface area contributed by atoms with Gasteiger partial charge in [0.25, 0.3) is 0 Å². The van der Waals surface area contributed by atoms with Gasteiger partial charge in [0.2, 0.25) is 0 Å². The van der Waals surface area contributed by atoms with Gasteiger partial charge in [-0.15, -0.1) is 0 Å². The van der Waals surface area contributed by atoms with E-state index >= 15 is 0 Å². The lowest BCUT2D eigenvalue weighted by Crippen LogP contribution is -2.03. The molecular formula is C10H11BrO3. The van der Waals surface area contributed by atoms with E-state index in [0.717, 1.165) is 5.56 Å². The minimum absolute atomic E-state index is 0.394. The summed E-state index contributed by atoms with van der Waals surface area (Å²) in [5, 5.41) is 9.30. The van der Waals surface area contributed by atoms with Crippen molar-refractivity contribution in [3.63, 3.8) is 0 Å². The third kappa shape index (κ3) is 2.33. The molecule has 0 aromatic heterocycles. The maximum atomic E-state index is 11.2. The Bertz CT molecular complexity index is 347. The normalized spacial score (nSPS) is 12.3. The Kier molecular flexibility index (Phi) is 3.66. The number of carbonyl (C=O) groups is 1. The fourth-order valence-electron chi connectivity index (χ4n) is 1.07. The number of benzene rings is 1. The number of esters is 1. The highest BCUT2D eigenvalue weighted by atomic mass is 79.9. The quantitative estimate of drug-likeness (QED) is 0.829. The number of aliphatic hydroxyl groups excluding tert-OH is 1. The van der Waals surface area contributed by atoms with Crippen LogP contribution in [0, 0.1) is 0 Å². The molecule has 1 aromatic carbocycles. The molecule has 4 heteroatoms. The molecule has 0 saturated carbocycles. The van der Waals surface area contributed by atoms with E-state index in [2.05, 4.69) is 20.7 Å². The van der Waals surface area contributed by atoms with E-state index in [0.29, 0.717) is 10.0 Å². The molecule has 0 aliphatic heterocycles. The van der Waals surface area contributed by atoms with Gasteiger partial charge in [-0.1, -0.05) is 6.07 Å². The molecule has 0 heterocycles. The van der Waals surface area contributed by atoms with Gasteiger partial charge in [-0.3, -0.25) is 0 Å². The van der Waals surface area contributed by atoms with Crippen molar-refractivity contribution in [3.8, 4) is 0 Å². The van der Waals surface area contributed by atoms with Crippen LogP contribution in [0.15, 0.2) is 22.7 Å². The van der Waals surface area contributed by atoms with Gasteiger partial charge >= 0.3 is 5.97 Å². The van der Waals surface area contributed by atoms with E-state index in [9.17, 15) is 9.90 Å². The van der Waals surface area contributed by atoms with Crippen molar-refractivity contribution in [2.45, 2.75) is 13.0 Å². The van der Waals surface area contributed by atoms with E-state index < -0.39 is 12.1 Å².